The van der Waals surface area contributed by atoms with Gasteiger partial charge in [0.25, 0.3) is 5.91 Å². The first-order chi connectivity index (χ1) is 15.7. The molecule has 0 aliphatic carbocycles. The SMILES string of the molecule is N#Cc1ccccc1OCc1ccc(C(=O)Nc2cccc(COCc3ccco3)c2)o1. The van der Waals surface area contributed by atoms with Crippen LogP contribution in [-0.4, -0.2) is 5.91 Å². The highest BCUT2D eigenvalue weighted by molar-refractivity contribution is 6.02. The minimum Gasteiger partial charge on any atom is -0.484 e. The number of furan rings is 2. The van der Waals surface area contributed by atoms with Crippen molar-refractivity contribution >= 4 is 11.6 Å². The summed E-state index contributed by atoms with van der Waals surface area (Å²) in [7, 11) is 0. The number of nitrogens with one attached hydrogen (secondary N) is 1. The van der Waals surface area contributed by atoms with Gasteiger partial charge in [0.1, 0.15) is 36.6 Å². The van der Waals surface area contributed by atoms with Crippen molar-refractivity contribution in [1.82, 2.24) is 0 Å². The molecule has 160 valence electrons. The lowest BCUT2D eigenvalue weighted by molar-refractivity contribution is 0.0929. The van der Waals surface area contributed by atoms with Crippen LogP contribution in [0.15, 0.2) is 87.9 Å². The number of para-hydroxylation sites is 1. The van der Waals surface area contributed by atoms with E-state index in [-0.39, 0.29) is 18.3 Å². The molecule has 0 unspecified atom stereocenters. The smallest absolute Gasteiger partial charge is 0.291 e. The van der Waals surface area contributed by atoms with Gasteiger partial charge in [-0.3, -0.25) is 4.79 Å². The summed E-state index contributed by atoms with van der Waals surface area (Å²) in [5, 5.41) is 11.9. The number of ether oxygens (including phenoxy) is 2. The second-order valence-electron chi connectivity index (χ2n) is 6.89. The first kappa shape index (κ1) is 21.0. The van der Waals surface area contributed by atoms with E-state index in [1.807, 2.05) is 30.3 Å². The summed E-state index contributed by atoms with van der Waals surface area (Å²) < 4.78 is 22.1. The molecule has 0 aliphatic rings. The average Bonchev–Trinajstić information content (AvgIpc) is 3.50. The Labute approximate surface area is 184 Å². The summed E-state index contributed by atoms with van der Waals surface area (Å²) in [5.41, 5.74) is 1.98. The van der Waals surface area contributed by atoms with Crippen molar-refractivity contribution in [2.75, 3.05) is 5.32 Å². The van der Waals surface area contributed by atoms with Crippen LogP contribution >= 0.6 is 0 Å². The van der Waals surface area contributed by atoms with Gasteiger partial charge >= 0.3 is 0 Å². The molecular formula is C25H20N2O5. The van der Waals surface area contributed by atoms with Gasteiger partial charge in [-0.05, 0) is 54.1 Å². The van der Waals surface area contributed by atoms with Gasteiger partial charge < -0.3 is 23.6 Å². The van der Waals surface area contributed by atoms with E-state index in [2.05, 4.69) is 11.4 Å². The summed E-state index contributed by atoms with van der Waals surface area (Å²) in [5.74, 6) is 1.48. The van der Waals surface area contributed by atoms with Crippen molar-refractivity contribution in [2.24, 2.45) is 0 Å². The van der Waals surface area contributed by atoms with E-state index < -0.39 is 0 Å². The van der Waals surface area contributed by atoms with Crippen LogP contribution in [-0.2, 0) is 24.6 Å². The number of carbonyl (C=O) groups is 1. The maximum absolute atomic E-state index is 12.6. The summed E-state index contributed by atoms with van der Waals surface area (Å²) in [6.07, 6.45) is 1.60. The Morgan fingerprint density at radius 1 is 0.938 bits per heavy atom. The number of nitrogens with zero attached hydrogens (tertiary/aromatic N) is 1. The molecule has 0 saturated heterocycles. The number of nitriles is 1. The summed E-state index contributed by atoms with van der Waals surface area (Å²) >= 11 is 0. The first-order valence-corrected chi connectivity index (χ1v) is 9.92. The number of hydrogen-bond acceptors (Lipinski definition) is 6. The topological polar surface area (TPSA) is 97.6 Å². The number of benzene rings is 2. The van der Waals surface area contributed by atoms with E-state index in [0.717, 1.165) is 11.3 Å². The highest BCUT2D eigenvalue weighted by Gasteiger charge is 2.13. The molecule has 32 heavy (non-hydrogen) atoms. The molecule has 1 N–H and O–H groups in total. The molecule has 0 spiro atoms. The van der Waals surface area contributed by atoms with E-state index in [9.17, 15) is 4.79 Å². The van der Waals surface area contributed by atoms with Gasteiger partial charge in [-0.2, -0.15) is 5.26 Å². The lowest BCUT2D eigenvalue weighted by atomic mass is 10.2. The summed E-state index contributed by atoms with van der Waals surface area (Å²) in [6.45, 7) is 0.866. The Kier molecular flexibility index (Phi) is 6.66. The van der Waals surface area contributed by atoms with Gasteiger partial charge in [0, 0.05) is 5.69 Å². The van der Waals surface area contributed by atoms with Crippen LogP contribution in [0.25, 0.3) is 0 Å². The number of anilines is 1. The van der Waals surface area contributed by atoms with Gasteiger partial charge in [-0.25, -0.2) is 0 Å². The molecule has 0 bridgehead atoms. The van der Waals surface area contributed by atoms with Crippen molar-refractivity contribution in [3.63, 3.8) is 0 Å². The van der Waals surface area contributed by atoms with Crippen LogP contribution < -0.4 is 10.1 Å². The molecule has 0 fully saturated rings. The molecule has 4 aromatic rings. The van der Waals surface area contributed by atoms with Gasteiger partial charge in [0.15, 0.2) is 5.76 Å². The van der Waals surface area contributed by atoms with Crippen molar-refractivity contribution in [2.45, 2.75) is 19.8 Å². The van der Waals surface area contributed by atoms with Gasteiger partial charge in [0.05, 0.1) is 18.4 Å². The van der Waals surface area contributed by atoms with Crippen molar-refractivity contribution in [3.8, 4) is 11.8 Å². The lowest BCUT2D eigenvalue weighted by Gasteiger charge is -2.07. The van der Waals surface area contributed by atoms with Crippen LogP contribution in [0.4, 0.5) is 5.69 Å². The Bertz CT molecular complexity index is 1220. The minimum absolute atomic E-state index is 0.106. The highest BCUT2D eigenvalue weighted by atomic mass is 16.5. The monoisotopic (exact) mass is 428 g/mol. The number of hydrogen-bond donors (Lipinski definition) is 1. The fourth-order valence-electron chi connectivity index (χ4n) is 3.01. The zero-order chi connectivity index (χ0) is 22.2. The van der Waals surface area contributed by atoms with Crippen LogP contribution in [0.3, 0.4) is 0 Å². The lowest BCUT2D eigenvalue weighted by Crippen LogP contribution is -2.11. The first-order valence-electron chi connectivity index (χ1n) is 9.92. The van der Waals surface area contributed by atoms with E-state index in [1.54, 1.807) is 48.7 Å². The van der Waals surface area contributed by atoms with Crippen molar-refractivity contribution in [3.05, 3.63) is 107 Å². The van der Waals surface area contributed by atoms with Gasteiger partial charge in [-0.15, -0.1) is 0 Å². The molecule has 2 aromatic heterocycles. The third-order valence-electron chi connectivity index (χ3n) is 4.54. The van der Waals surface area contributed by atoms with Crippen LogP contribution in [0.1, 0.15) is 33.2 Å². The molecule has 0 atom stereocenters. The van der Waals surface area contributed by atoms with E-state index >= 15 is 0 Å². The number of carbonyl (C=O) groups excluding carboxylic acids is 1. The van der Waals surface area contributed by atoms with E-state index in [0.29, 0.717) is 36.0 Å². The standard InChI is InChI=1S/C25H20N2O5/c26-14-19-6-1-2-9-23(19)31-17-22-10-11-24(32-22)25(28)27-20-7-3-5-18(13-20)15-29-16-21-8-4-12-30-21/h1-13H,15-17H2,(H,27,28). The largest absolute Gasteiger partial charge is 0.484 e. The highest BCUT2D eigenvalue weighted by Crippen LogP contribution is 2.20. The quantitative estimate of drug-likeness (QED) is 0.389. The van der Waals surface area contributed by atoms with Crippen molar-refractivity contribution < 1.29 is 23.1 Å². The zero-order valence-corrected chi connectivity index (χ0v) is 17.1. The third kappa shape index (κ3) is 5.45. The van der Waals surface area contributed by atoms with Crippen LogP contribution in [0, 0.1) is 11.3 Å². The summed E-state index contributed by atoms with van der Waals surface area (Å²) in [4.78, 5) is 12.6. The fraction of sp³-hybridized carbons (Fsp3) is 0.120. The Hall–Kier alpha value is -4.28. The van der Waals surface area contributed by atoms with Crippen LogP contribution in [0.5, 0.6) is 5.75 Å². The molecule has 7 nitrogen and oxygen atoms in total. The maximum Gasteiger partial charge on any atom is 0.291 e. The Morgan fingerprint density at radius 3 is 2.69 bits per heavy atom. The molecule has 0 radical (unpaired) electrons. The maximum atomic E-state index is 12.6. The molecule has 2 heterocycles. The summed E-state index contributed by atoms with van der Waals surface area (Å²) in [6, 6.07) is 23.3. The number of amides is 1. The molecule has 1 amide bonds. The number of rotatable bonds is 9. The molecule has 0 aliphatic heterocycles. The Morgan fingerprint density at radius 2 is 1.84 bits per heavy atom. The normalized spacial score (nSPS) is 10.5. The molecule has 7 heteroatoms. The van der Waals surface area contributed by atoms with E-state index in [1.165, 1.54) is 0 Å². The van der Waals surface area contributed by atoms with Crippen molar-refractivity contribution in [1.29, 1.82) is 5.26 Å². The van der Waals surface area contributed by atoms with Gasteiger partial charge in [-0.1, -0.05) is 24.3 Å². The third-order valence-corrected chi connectivity index (χ3v) is 4.54. The minimum atomic E-state index is -0.373. The molecular weight excluding hydrogens is 408 g/mol. The predicted octanol–water partition coefficient (Wildman–Crippen LogP) is 5.29. The molecule has 4 rings (SSSR count). The fourth-order valence-corrected chi connectivity index (χ4v) is 3.01. The Balaban J connectivity index is 1.31. The zero-order valence-electron chi connectivity index (χ0n) is 17.1. The van der Waals surface area contributed by atoms with E-state index in [4.69, 9.17) is 23.6 Å². The second-order valence-corrected chi connectivity index (χ2v) is 6.89. The molecule has 0 saturated carbocycles. The predicted molar refractivity (Wildman–Crippen MR) is 116 cm³/mol. The van der Waals surface area contributed by atoms with Gasteiger partial charge in [0.2, 0.25) is 0 Å². The average molecular weight is 428 g/mol. The molecule has 2 aromatic carbocycles. The van der Waals surface area contributed by atoms with Crippen LogP contribution in [0.2, 0.25) is 0 Å². The second kappa shape index (κ2) is 10.2.